The summed E-state index contributed by atoms with van der Waals surface area (Å²) in [6, 6.07) is 10.3. The van der Waals surface area contributed by atoms with Crippen LogP contribution >= 0.6 is 0 Å². The van der Waals surface area contributed by atoms with E-state index in [0.29, 0.717) is 6.54 Å². The monoisotopic (exact) mass is 216 g/mol. The van der Waals surface area contributed by atoms with Crippen molar-refractivity contribution in [2.45, 2.75) is 6.42 Å². The number of nitrogens with one attached hydrogen (secondary N) is 1. The number of benzene rings is 1. The lowest BCUT2D eigenvalue weighted by molar-refractivity contribution is 0.579. The molecular formula is C14H20N2. The molecule has 0 radical (unpaired) electrons. The van der Waals surface area contributed by atoms with Crippen LogP contribution in [0.1, 0.15) is 5.56 Å². The highest BCUT2D eigenvalue weighted by atomic mass is 14.9. The highest BCUT2D eigenvalue weighted by Gasteiger charge is 2.10. The molecule has 1 aromatic rings. The van der Waals surface area contributed by atoms with Crippen molar-refractivity contribution in [3.05, 3.63) is 60.8 Å². The number of hydrogen-bond acceptors (Lipinski definition) is 2. The van der Waals surface area contributed by atoms with Gasteiger partial charge in [0.05, 0.1) is 0 Å². The predicted molar refractivity (Wildman–Crippen MR) is 70.0 cm³/mol. The van der Waals surface area contributed by atoms with Crippen molar-refractivity contribution in [3.63, 3.8) is 0 Å². The molecule has 0 amide bonds. The highest BCUT2D eigenvalue weighted by molar-refractivity contribution is 5.17. The van der Waals surface area contributed by atoms with E-state index >= 15 is 0 Å². The fraction of sp³-hybridized carbons (Fsp3) is 0.286. The molecule has 0 fully saturated rings. The van der Waals surface area contributed by atoms with Gasteiger partial charge in [-0.05, 0) is 12.0 Å². The van der Waals surface area contributed by atoms with E-state index in [4.69, 9.17) is 5.73 Å². The second-order valence-electron chi connectivity index (χ2n) is 3.82. The molecule has 0 aliphatic carbocycles. The summed E-state index contributed by atoms with van der Waals surface area (Å²) >= 11 is 0. The van der Waals surface area contributed by atoms with Gasteiger partial charge in [-0.25, -0.2) is 0 Å². The van der Waals surface area contributed by atoms with Crippen LogP contribution in [0.25, 0.3) is 0 Å². The van der Waals surface area contributed by atoms with Gasteiger partial charge in [0.1, 0.15) is 0 Å². The van der Waals surface area contributed by atoms with Crippen molar-refractivity contribution in [3.8, 4) is 0 Å². The number of hydrogen-bond donors (Lipinski definition) is 2. The van der Waals surface area contributed by atoms with Gasteiger partial charge in [-0.1, -0.05) is 43.0 Å². The van der Waals surface area contributed by atoms with Crippen molar-refractivity contribution < 1.29 is 0 Å². The normalized spacial score (nSPS) is 11.8. The van der Waals surface area contributed by atoms with E-state index in [2.05, 4.69) is 30.6 Å². The van der Waals surface area contributed by atoms with Crippen LogP contribution in [0.5, 0.6) is 0 Å². The minimum Gasteiger partial charge on any atom is -0.385 e. The number of rotatable bonds is 7. The fourth-order valence-corrected chi connectivity index (χ4v) is 1.60. The lowest BCUT2D eigenvalue weighted by Crippen LogP contribution is -2.27. The molecule has 1 rings (SSSR count). The van der Waals surface area contributed by atoms with E-state index in [-0.39, 0.29) is 5.92 Å². The van der Waals surface area contributed by atoms with E-state index in [9.17, 15) is 0 Å². The van der Waals surface area contributed by atoms with Crippen LogP contribution in [-0.2, 0) is 6.42 Å². The van der Waals surface area contributed by atoms with Crippen molar-refractivity contribution in [1.82, 2.24) is 5.32 Å². The molecule has 86 valence electrons. The third-order valence-electron chi connectivity index (χ3n) is 2.58. The topological polar surface area (TPSA) is 38.0 Å². The zero-order valence-electron chi connectivity index (χ0n) is 9.65. The Balaban J connectivity index is 2.55. The first kappa shape index (κ1) is 12.5. The second kappa shape index (κ2) is 6.85. The average molecular weight is 216 g/mol. The van der Waals surface area contributed by atoms with Crippen LogP contribution in [0.2, 0.25) is 0 Å². The molecule has 0 bridgehead atoms. The third kappa shape index (κ3) is 3.91. The van der Waals surface area contributed by atoms with Gasteiger partial charge in [0, 0.05) is 24.7 Å². The molecule has 0 saturated heterocycles. The molecule has 0 aromatic heterocycles. The zero-order valence-corrected chi connectivity index (χ0v) is 9.65. The summed E-state index contributed by atoms with van der Waals surface area (Å²) in [6.45, 7) is 9.04. The number of nitrogens with two attached hydrogens (primary N) is 1. The molecule has 3 N–H and O–H groups in total. The molecule has 16 heavy (non-hydrogen) atoms. The van der Waals surface area contributed by atoms with Crippen molar-refractivity contribution in [1.29, 1.82) is 0 Å². The van der Waals surface area contributed by atoms with Crippen LogP contribution < -0.4 is 11.1 Å². The molecule has 2 heteroatoms. The third-order valence-corrected chi connectivity index (χ3v) is 2.58. The molecular weight excluding hydrogens is 196 g/mol. The van der Waals surface area contributed by atoms with Crippen LogP contribution in [-0.4, -0.2) is 13.1 Å². The van der Waals surface area contributed by atoms with Crippen LogP contribution in [0.3, 0.4) is 0 Å². The first-order valence-electron chi connectivity index (χ1n) is 5.55. The first-order chi connectivity index (χ1) is 7.77. The van der Waals surface area contributed by atoms with Crippen molar-refractivity contribution in [2.24, 2.45) is 11.7 Å². The molecule has 0 spiro atoms. The van der Waals surface area contributed by atoms with Crippen LogP contribution in [0.4, 0.5) is 0 Å². The molecule has 2 nitrogen and oxygen atoms in total. The summed E-state index contributed by atoms with van der Waals surface area (Å²) in [5.74, 6) is 0.280. The summed E-state index contributed by atoms with van der Waals surface area (Å²) < 4.78 is 0. The van der Waals surface area contributed by atoms with E-state index in [1.165, 1.54) is 5.56 Å². The Kier molecular flexibility index (Phi) is 5.37. The van der Waals surface area contributed by atoms with Gasteiger partial charge in [-0.3, -0.25) is 0 Å². The second-order valence-corrected chi connectivity index (χ2v) is 3.82. The van der Waals surface area contributed by atoms with Gasteiger partial charge in [0.2, 0.25) is 0 Å². The van der Waals surface area contributed by atoms with Gasteiger partial charge in [-0.2, -0.15) is 0 Å². The lowest BCUT2D eigenvalue weighted by Gasteiger charge is -2.18. The van der Waals surface area contributed by atoms with Gasteiger partial charge < -0.3 is 11.1 Å². The summed E-state index contributed by atoms with van der Waals surface area (Å²) in [4.78, 5) is 0. The Hall–Kier alpha value is -1.54. The molecule has 0 aliphatic rings. The van der Waals surface area contributed by atoms with Crippen LogP contribution in [0, 0.1) is 5.92 Å². The van der Waals surface area contributed by atoms with Gasteiger partial charge in [0.25, 0.3) is 0 Å². The molecule has 0 aliphatic heterocycles. The van der Waals surface area contributed by atoms with E-state index in [1.54, 1.807) is 0 Å². The van der Waals surface area contributed by atoms with Crippen molar-refractivity contribution in [2.75, 3.05) is 13.1 Å². The standard InChI is InChI=1S/C14H20N2/c1-3-9-16-12(2)14(11-15)10-13-7-5-4-6-8-13/h3-8,14,16H,1-2,9-11,15H2. The van der Waals surface area contributed by atoms with Crippen molar-refractivity contribution >= 4 is 0 Å². The minimum absolute atomic E-state index is 0.280. The Morgan fingerprint density at radius 1 is 1.38 bits per heavy atom. The molecule has 0 saturated carbocycles. The molecule has 1 unspecified atom stereocenters. The first-order valence-corrected chi connectivity index (χ1v) is 5.55. The van der Waals surface area contributed by atoms with Gasteiger partial charge in [0.15, 0.2) is 0 Å². The maximum atomic E-state index is 5.77. The zero-order chi connectivity index (χ0) is 11.8. The Labute approximate surface area is 97.9 Å². The largest absolute Gasteiger partial charge is 0.385 e. The van der Waals surface area contributed by atoms with Gasteiger partial charge >= 0.3 is 0 Å². The van der Waals surface area contributed by atoms with Crippen LogP contribution in [0.15, 0.2) is 55.3 Å². The summed E-state index contributed by atoms with van der Waals surface area (Å²) in [5.41, 5.74) is 8.05. The molecule has 1 atom stereocenters. The summed E-state index contributed by atoms with van der Waals surface area (Å²) in [7, 11) is 0. The average Bonchev–Trinajstić information content (AvgIpc) is 2.34. The maximum absolute atomic E-state index is 5.77. The summed E-state index contributed by atoms with van der Waals surface area (Å²) in [5, 5.41) is 3.21. The molecule has 0 heterocycles. The summed E-state index contributed by atoms with van der Waals surface area (Å²) in [6.07, 6.45) is 2.75. The quantitative estimate of drug-likeness (QED) is 0.685. The van der Waals surface area contributed by atoms with E-state index in [1.807, 2.05) is 24.3 Å². The minimum atomic E-state index is 0.280. The van der Waals surface area contributed by atoms with Gasteiger partial charge in [-0.15, -0.1) is 6.58 Å². The maximum Gasteiger partial charge on any atom is 0.0325 e. The fourth-order valence-electron chi connectivity index (χ4n) is 1.60. The Bertz CT molecular complexity index is 330. The van der Waals surface area contributed by atoms with E-state index < -0.39 is 0 Å². The Morgan fingerprint density at radius 3 is 2.62 bits per heavy atom. The lowest BCUT2D eigenvalue weighted by atomic mass is 9.97. The highest BCUT2D eigenvalue weighted by Crippen LogP contribution is 2.12. The Morgan fingerprint density at radius 2 is 2.06 bits per heavy atom. The van der Waals surface area contributed by atoms with E-state index in [0.717, 1.165) is 18.7 Å². The molecule has 1 aromatic carbocycles. The smallest absolute Gasteiger partial charge is 0.0325 e. The SMILES string of the molecule is C=CCNC(=C)C(CN)Cc1ccccc1. The predicted octanol–water partition coefficient (Wildman–Crippen LogP) is 2.09.